The quantitative estimate of drug-likeness (QED) is 0.292. The largest absolute Gasteiger partial charge is 0.505 e. The fraction of sp³-hybridized carbons (Fsp3) is 0.394. The molecule has 2 N–H and O–H groups in total. The number of amides is 2. The average molecular weight is 713 g/mol. The molecular formula is C33H32ClF3N8O5. The van der Waals surface area contributed by atoms with E-state index in [1.807, 2.05) is 11.8 Å². The third-order valence-electron chi connectivity index (χ3n) is 9.34. The standard InChI is InChI=1S/C33H32ClF3N8O5/c1-2-24-28(42-8-10-43(11-9-42)30(48)27-25(46)4-3-7-38-27)31(49)45-32(40-29(41-45)18-12-19-16-50-17-20(19)13-18)44(24)15-26(47)39-23-6-5-21(14-22(23)34)33(35,36)37/h3-7,12,14,19-20,46H,2,8-11,13,15-17H2,1H3,(H,39,47). The molecule has 13 nitrogen and oxygen atoms in total. The molecule has 262 valence electrons. The average Bonchev–Trinajstić information content (AvgIpc) is 3.82. The summed E-state index contributed by atoms with van der Waals surface area (Å²) in [7, 11) is 0. The normalized spacial score (nSPS) is 19.2. The van der Waals surface area contributed by atoms with Crippen molar-refractivity contribution >= 4 is 46.1 Å². The van der Waals surface area contributed by atoms with Gasteiger partial charge in [0.05, 0.1) is 35.2 Å². The second kappa shape index (κ2) is 13.1. The van der Waals surface area contributed by atoms with E-state index in [2.05, 4.69) is 21.5 Å². The van der Waals surface area contributed by atoms with Gasteiger partial charge in [-0.15, -0.1) is 5.10 Å². The molecule has 0 saturated carbocycles. The summed E-state index contributed by atoms with van der Waals surface area (Å²) in [6.45, 7) is 3.66. The summed E-state index contributed by atoms with van der Waals surface area (Å²) in [5.41, 5.74) is 0.188. The predicted molar refractivity (Wildman–Crippen MR) is 176 cm³/mol. The number of anilines is 2. The Bertz CT molecular complexity index is 2090. The molecule has 2 atom stereocenters. The highest BCUT2D eigenvalue weighted by Crippen LogP contribution is 2.39. The molecule has 1 aromatic carbocycles. The van der Waals surface area contributed by atoms with Crippen LogP contribution in [0, 0.1) is 11.8 Å². The SMILES string of the molecule is CCc1c(N2CCN(C(=O)c3ncccc3O)CC2)c(=O)n2nc(C3=CC4COCC4C3)nc2n1CC(=O)Nc1ccc(C(F)(F)F)cc1Cl. The zero-order chi connectivity index (χ0) is 35.3. The zero-order valence-corrected chi connectivity index (χ0v) is 27.5. The second-order valence-corrected chi connectivity index (χ2v) is 12.8. The summed E-state index contributed by atoms with van der Waals surface area (Å²) in [6, 6.07) is 5.57. The van der Waals surface area contributed by atoms with E-state index >= 15 is 0 Å². The van der Waals surface area contributed by atoms with Crippen molar-refractivity contribution in [1.82, 2.24) is 29.0 Å². The topological polar surface area (TPSA) is 147 Å². The van der Waals surface area contributed by atoms with Gasteiger partial charge in [-0.1, -0.05) is 24.6 Å². The second-order valence-electron chi connectivity index (χ2n) is 12.4. The van der Waals surface area contributed by atoms with Crippen LogP contribution in [0.1, 0.15) is 40.9 Å². The Labute approximate surface area is 287 Å². The van der Waals surface area contributed by atoms with Crippen LogP contribution in [0.25, 0.3) is 11.4 Å². The van der Waals surface area contributed by atoms with Gasteiger partial charge >= 0.3 is 6.18 Å². The Kier molecular flexibility index (Phi) is 8.76. The summed E-state index contributed by atoms with van der Waals surface area (Å²) in [6.07, 6.45) is -0.131. The summed E-state index contributed by atoms with van der Waals surface area (Å²) in [5.74, 6) is -0.264. The molecule has 2 fully saturated rings. The van der Waals surface area contributed by atoms with E-state index in [1.165, 1.54) is 22.8 Å². The van der Waals surface area contributed by atoms with Gasteiger partial charge in [0.1, 0.15) is 18.0 Å². The van der Waals surface area contributed by atoms with Gasteiger partial charge < -0.3 is 29.5 Å². The van der Waals surface area contributed by atoms with Crippen molar-refractivity contribution in [2.75, 3.05) is 49.6 Å². The van der Waals surface area contributed by atoms with Crippen molar-refractivity contribution < 1.29 is 32.6 Å². The number of halogens is 4. The fourth-order valence-electron chi connectivity index (χ4n) is 6.82. The Balaban J connectivity index is 1.23. The molecule has 0 radical (unpaired) electrons. The van der Waals surface area contributed by atoms with Crippen molar-refractivity contribution in [3.05, 3.63) is 80.8 Å². The molecule has 2 unspecified atom stereocenters. The van der Waals surface area contributed by atoms with Crippen LogP contribution in [0.15, 0.2) is 47.4 Å². The van der Waals surface area contributed by atoms with Crippen molar-refractivity contribution in [3.63, 3.8) is 0 Å². The summed E-state index contributed by atoms with van der Waals surface area (Å²) < 4.78 is 48.0. The van der Waals surface area contributed by atoms with Crippen molar-refractivity contribution in [3.8, 4) is 5.75 Å². The number of pyridine rings is 1. The Morgan fingerprint density at radius 1 is 1.14 bits per heavy atom. The summed E-state index contributed by atoms with van der Waals surface area (Å²) >= 11 is 6.12. The van der Waals surface area contributed by atoms with Crippen molar-refractivity contribution in [2.45, 2.75) is 32.5 Å². The Morgan fingerprint density at radius 2 is 1.92 bits per heavy atom. The minimum atomic E-state index is -4.61. The third kappa shape index (κ3) is 6.17. The minimum Gasteiger partial charge on any atom is -0.505 e. The summed E-state index contributed by atoms with van der Waals surface area (Å²) in [4.78, 5) is 53.0. The maximum Gasteiger partial charge on any atom is 0.416 e. The highest BCUT2D eigenvalue weighted by Gasteiger charge is 2.36. The lowest BCUT2D eigenvalue weighted by Gasteiger charge is -2.36. The van der Waals surface area contributed by atoms with Gasteiger partial charge in [0, 0.05) is 38.3 Å². The van der Waals surface area contributed by atoms with Crippen LogP contribution in [0.4, 0.5) is 24.5 Å². The molecule has 3 aliphatic rings. The van der Waals surface area contributed by atoms with Crippen LogP contribution in [0.2, 0.25) is 5.02 Å². The van der Waals surface area contributed by atoms with E-state index in [1.54, 1.807) is 9.47 Å². The number of piperazine rings is 1. The number of carbonyl (C=O) groups excluding carboxylic acids is 2. The first-order valence-electron chi connectivity index (χ1n) is 16.1. The lowest BCUT2D eigenvalue weighted by molar-refractivity contribution is -0.137. The Hall–Kier alpha value is -4.96. The minimum absolute atomic E-state index is 0.00763. The number of ether oxygens (including phenoxy) is 1. The molecule has 2 saturated heterocycles. The van der Waals surface area contributed by atoms with Crippen LogP contribution >= 0.6 is 11.6 Å². The van der Waals surface area contributed by atoms with Crippen molar-refractivity contribution in [2.24, 2.45) is 11.8 Å². The molecule has 4 aromatic rings. The molecule has 7 rings (SSSR count). The van der Waals surface area contributed by atoms with E-state index in [4.69, 9.17) is 21.3 Å². The van der Waals surface area contributed by atoms with Crippen LogP contribution in [-0.4, -0.2) is 85.4 Å². The highest BCUT2D eigenvalue weighted by atomic mass is 35.5. The molecule has 5 heterocycles. The molecule has 17 heteroatoms. The molecule has 2 amide bonds. The molecule has 2 aliphatic heterocycles. The fourth-order valence-corrected chi connectivity index (χ4v) is 7.05. The third-order valence-corrected chi connectivity index (χ3v) is 9.65. The van der Waals surface area contributed by atoms with Crippen LogP contribution in [0.5, 0.6) is 5.75 Å². The van der Waals surface area contributed by atoms with Crippen molar-refractivity contribution in [1.29, 1.82) is 0 Å². The van der Waals surface area contributed by atoms with E-state index in [-0.39, 0.29) is 72.3 Å². The van der Waals surface area contributed by atoms with Gasteiger partial charge in [-0.3, -0.25) is 14.4 Å². The van der Waals surface area contributed by atoms with E-state index in [0.717, 1.165) is 23.8 Å². The van der Waals surface area contributed by atoms with Crippen LogP contribution < -0.4 is 15.8 Å². The first-order chi connectivity index (χ1) is 23.9. The molecular weight excluding hydrogens is 681 g/mol. The van der Waals surface area contributed by atoms with E-state index < -0.39 is 29.1 Å². The maximum absolute atomic E-state index is 14.2. The number of benzene rings is 1. The molecule has 0 spiro atoms. The number of aromatic hydroxyl groups is 1. The van der Waals surface area contributed by atoms with Gasteiger partial charge in [-0.25, -0.2) is 4.98 Å². The first kappa shape index (κ1) is 33.5. The zero-order valence-electron chi connectivity index (χ0n) is 26.8. The number of aromatic nitrogens is 5. The molecule has 50 heavy (non-hydrogen) atoms. The van der Waals surface area contributed by atoms with Gasteiger partial charge in [0.15, 0.2) is 11.5 Å². The molecule has 0 bridgehead atoms. The molecule has 3 aromatic heterocycles. The maximum atomic E-state index is 14.2. The lowest BCUT2D eigenvalue weighted by atomic mass is 10.00. The van der Waals surface area contributed by atoms with Gasteiger partial charge in [-0.2, -0.15) is 22.7 Å². The monoisotopic (exact) mass is 712 g/mol. The summed E-state index contributed by atoms with van der Waals surface area (Å²) in [5, 5.41) is 17.1. The first-order valence-corrected chi connectivity index (χ1v) is 16.5. The number of carbonyl (C=O) groups is 2. The predicted octanol–water partition coefficient (Wildman–Crippen LogP) is 3.88. The lowest BCUT2D eigenvalue weighted by Crippen LogP contribution is -2.51. The smallest absolute Gasteiger partial charge is 0.416 e. The number of allylic oxidation sites excluding steroid dienone is 1. The van der Waals surface area contributed by atoms with Crippen LogP contribution in [0.3, 0.4) is 0 Å². The van der Waals surface area contributed by atoms with Gasteiger partial charge in [0.2, 0.25) is 11.7 Å². The highest BCUT2D eigenvalue weighted by molar-refractivity contribution is 6.33. The number of hydrogen-bond donors (Lipinski definition) is 2. The number of hydrogen-bond acceptors (Lipinski definition) is 9. The number of nitrogens with zero attached hydrogens (tertiary/aromatic N) is 7. The number of fused-ring (bicyclic) bond motifs is 2. The number of rotatable bonds is 7. The number of alkyl halides is 3. The van der Waals surface area contributed by atoms with E-state index in [0.29, 0.717) is 43.5 Å². The number of nitrogens with one attached hydrogen (secondary N) is 1. The molecule has 1 aliphatic carbocycles. The van der Waals surface area contributed by atoms with Gasteiger partial charge in [0.25, 0.3) is 11.5 Å². The van der Waals surface area contributed by atoms with Crippen LogP contribution in [-0.2, 0) is 28.7 Å². The Morgan fingerprint density at radius 3 is 2.60 bits per heavy atom. The van der Waals surface area contributed by atoms with E-state index in [9.17, 15) is 32.7 Å². The van der Waals surface area contributed by atoms with Gasteiger partial charge in [-0.05, 0) is 54.7 Å².